The predicted octanol–water partition coefficient (Wildman–Crippen LogP) is 2.59. The minimum Gasteiger partial charge on any atom is -0.466 e. The largest absolute Gasteiger partial charge is 0.466 e. The summed E-state index contributed by atoms with van der Waals surface area (Å²) in [6.07, 6.45) is 2.39. The van der Waals surface area contributed by atoms with Gasteiger partial charge in [0.2, 0.25) is 0 Å². The van der Waals surface area contributed by atoms with Gasteiger partial charge >= 0.3 is 5.97 Å². The normalized spacial score (nSPS) is 13.2. The average Bonchev–Trinajstić information content (AvgIpc) is 2.15. The highest BCUT2D eigenvalue weighted by molar-refractivity contribution is 5.69. The average molecular weight is 229 g/mol. The molecule has 0 heterocycles. The van der Waals surface area contributed by atoms with Crippen molar-refractivity contribution < 1.29 is 9.53 Å². The molecule has 0 saturated carbocycles. The van der Waals surface area contributed by atoms with E-state index in [1.165, 1.54) is 0 Å². The lowest BCUT2D eigenvalue weighted by atomic mass is 9.94. The molecule has 0 spiro atoms. The van der Waals surface area contributed by atoms with Crippen LogP contribution in [0.3, 0.4) is 0 Å². The topological polar surface area (TPSA) is 52.3 Å². The van der Waals surface area contributed by atoms with E-state index >= 15 is 0 Å². The zero-order valence-corrected chi connectivity index (χ0v) is 11.2. The van der Waals surface area contributed by atoms with Crippen LogP contribution in [0.1, 0.15) is 47.0 Å². The molecule has 2 N–H and O–H groups in total. The van der Waals surface area contributed by atoms with E-state index in [9.17, 15) is 4.79 Å². The Balaban J connectivity index is 3.74. The van der Waals surface area contributed by atoms with Crippen molar-refractivity contribution >= 4 is 5.97 Å². The van der Waals surface area contributed by atoms with Crippen LogP contribution in [0, 0.1) is 17.8 Å². The number of rotatable bonds is 8. The van der Waals surface area contributed by atoms with Crippen LogP contribution in [0.25, 0.3) is 0 Å². The van der Waals surface area contributed by atoms with E-state index in [1.54, 1.807) is 0 Å². The van der Waals surface area contributed by atoms with Crippen LogP contribution in [-0.2, 0) is 9.53 Å². The summed E-state index contributed by atoms with van der Waals surface area (Å²) in [5.74, 6) is 1.33. The van der Waals surface area contributed by atoms with Gasteiger partial charge in [0.15, 0.2) is 0 Å². The molecule has 0 bridgehead atoms. The fraction of sp³-hybridized carbons (Fsp3) is 0.923. The fourth-order valence-corrected chi connectivity index (χ4v) is 1.63. The van der Waals surface area contributed by atoms with Crippen LogP contribution >= 0.6 is 0 Å². The van der Waals surface area contributed by atoms with Gasteiger partial charge < -0.3 is 10.5 Å². The molecule has 0 aromatic carbocycles. The van der Waals surface area contributed by atoms with Gasteiger partial charge in [-0.2, -0.15) is 0 Å². The number of esters is 1. The van der Waals surface area contributed by atoms with Crippen LogP contribution in [0.5, 0.6) is 0 Å². The zero-order valence-electron chi connectivity index (χ0n) is 11.2. The third kappa shape index (κ3) is 8.72. The van der Waals surface area contributed by atoms with Crippen molar-refractivity contribution in [1.82, 2.24) is 0 Å². The summed E-state index contributed by atoms with van der Waals surface area (Å²) in [6, 6.07) is 0. The highest BCUT2D eigenvalue weighted by Gasteiger charge is 2.14. The van der Waals surface area contributed by atoms with Crippen LogP contribution in [0.2, 0.25) is 0 Å². The summed E-state index contributed by atoms with van der Waals surface area (Å²) >= 11 is 0. The molecule has 3 heteroatoms. The van der Waals surface area contributed by atoms with E-state index in [-0.39, 0.29) is 11.9 Å². The van der Waals surface area contributed by atoms with Crippen molar-refractivity contribution in [2.75, 3.05) is 13.2 Å². The Morgan fingerprint density at radius 2 is 1.81 bits per heavy atom. The lowest BCUT2D eigenvalue weighted by Gasteiger charge is -2.16. The smallest absolute Gasteiger partial charge is 0.306 e. The number of ether oxygens (including phenoxy) is 1. The first-order valence-electron chi connectivity index (χ1n) is 6.31. The molecule has 0 saturated heterocycles. The van der Waals surface area contributed by atoms with Crippen LogP contribution in [0.4, 0.5) is 0 Å². The molecule has 0 fully saturated rings. The number of hydrogen-bond donors (Lipinski definition) is 1. The first-order chi connectivity index (χ1) is 7.45. The molecule has 0 aromatic rings. The number of carbonyl (C=O) groups is 1. The molecule has 1 unspecified atom stereocenters. The third-order valence-electron chi connectivity index (χ3n) is 2.55. The molecule has 0 aliphatic heterocycles. The zero-order chi connectivity index (χ0) is 12.6. The van der Waals surface area contributed by atoms with Crippen molar-refractivity contribution in [3.8, 4) is 0 Å². The summed E-state index contributed by atoms with van der Waals surface area (Å²) < 4.78 is 5.17. The van der Waals surface area contributed by atoms with Crippen molar-refractivity contribution in [2.24, 2.45) is 23.5 Å². The minimum atomic E-state index is -0.100. The molecule has 0 amide bonds. The minimum absolute atomic E-state index is 0.100. The van der Waals surface area contributed by atoms with Crippen LogP contribution in [0.15, 0.2) is 0 Å². The maximum Gasteiger partial charge on any atom is 0.306 e. The predicted molar refractivity (Wildman–Crippen MR) is 67.0 cm³/mol. The van der Waals surface area contributed by atoms with E-state index in [1.807, 2.05) is 0 Å². The van der Waals surface area contributed by atoms with Crippen molar-refractivity contribution in [3.63, 3.8) is 0 Å². The van der Waals surface area contributed by atoms with E-state index in [4.69, 9.17) is 10.5 Å². The van der Waals surface area contributed by atoms with Crippen LogP contribution in [-0.4, -0.2) is 19.1 Å². The van der Waals surface area contributed by atoms with Crippen molar-refractivity contribution in [1.29, 1.82) is 0 Å². The Kier molecular flexibility index (Phi) is 8.26. The molecular formula is C13H27NO2. The Morgan fingerprint density at radius 3 is 2.25 bits per heavy atom. The Labute approximate surface area is 99.7 Å². The molecule has 0 aliphatic rings. The van der Waals surface area contributed by atoms with Gasteiger partial charge in [-0.1, -0.05) is 27.7 Å². The van der Waals surface area contributed by atoms with Gasteiger partial charge in [-0.25, -0.2) is 0 Å². The molecule has 0 radical (unpaired) electrons. The van der Waals surface area contributed by atoms with E-state index in [0.717, 1.165) is 12.8 Å². The lowest BCUT2D eigenvalue weighted by molar-refractivity contribution is -0.145. The molecule has 0 aromatic heterocycles. The second-order valence-corrected chi connectivity index (χ2v) is 5.34. The first-order valence-corrected chi connectivity index (χ1v) is 6.31. The molecule has 16 heavy (non-hydrogen) atoms. The highest BCUT2D eigenvalue weighted by atomic mass is 16.5. The Morgan fingerprint density at radius 1 is 1.19 bits per heavy atom. The van der Waals surface area contributed by atoms with Crippen LogP contribution < -0.4 is 5.73 Å². The van der Waals surface area contributed by atoms with Gasteiger partial charge in [0.05, 0.1) is 6.61 Å². The van der Waals surface area contributed by atoms with E-state index in [2.05, 4.69) is 27.7 Å². The standard InChI is InChI=1S/C13H27NO2/c1-10(2)5-6-16-13(15)8-12(9-14)7-11(3)4/h10-12H,5-9,14H2,1-4H3. The molecule has 3 nitrogen and oxygen atoms in total. The van der Waals surface area contributed by atoms with Gasteiger partial charge in [-0.3, -0.25) is 4.79 Å². The molecule has 0 aliphatic carbocycles. The van der Waals surface area contributed by atoms with Crippen molar-refractivity contribution in [2.45, 2.75) is 47.0 Å². The van der Waals surface area contributed by atoms with E-state index < -0.39 is 0 Å². The monoisotopic (exact) mass is 229 g/mol. The lowest BCUT2D eigenvalue weighted by Crippen LogP contribution is -2.21. The van der Waals surface area contributed by atoms with E-state index in [0.29, 0.717) is 31.4 Å². The second kappa shape index (κ2) is 8.57. The van der Waals surface area contributed by atoms with Gasteiger partial charge in [0.1, 0.15) is 0 Å². The molecule has 96 valence electrons. The number of nitrogens with two attached hydrogens (primary N) is 1. The molecule has 1 atom stereocenters. The summed E-state index contributed by atoms with van der Waals surface area (Å²) in [4.78, 5) is 11.5. The highest BCUT2D eigenvalue weighted by Crippen LogP contribution is 2.15. The maximum absolute atomic E-state index is 11.5. The summed E-state index contributed by atoms with van der Waals surface area (Å²) in [5.41, 5.74) is 5.64. The first kappa shape index (κ1) is 15.4. The summed E-state index contributed by atoms with van der Waals surface area (Å²) in [5, 5.41) is 0. The van der Waals surface area contributed by atoms with Gasteiger partial charge in [-0.05, 0) is 37.1 Å². The fourth-order valence-electron chi connectivity index (χ4n) is 1.63. The molecule has 0 rings (SSSR count). The number of hydrogen-bond acceptors (Lipinski definition) is 3. The van der Waals surface area contributed by atoms with Gasteiger partial charge in [-0.15, -0.1) is 0 Å². The molecular weight excluding hydrogens is 202 g/mol. The van der Waals surface area contributed by atoms with Crippen molar-refractivity contribution in [3.05, 3.63) is 0 Å². The summed E-state index contributed by atoms with van der Waals surface area (Å²) in [7, 11) is 0. The van der Waals surface area contributed by atoms with Gasteiger partial charge in [0, 0.05) is 6.42 Å². The quantitative estimate of drug-likeness (QED) is 0.651. The van der Waals surface area contributed by atoms with Gasteiger partial charge in [0.25, 0.3) is 0 Å². The Bertz CT molecular complexity index is 190. The SMILES string of the molecule is CC(C)CCOC(=O)CC(CN)CC(C)C. The maximum atomic E-state index is 11.5. The number of carbonyl (C=O) groups excluding carboxylic acids is 1. The second-order valence-electron chi connectivity index (χ2n) is 5.34. The third-order valence-corrected chi connectivity index (χ3v) is 2.55. The Hall–Kier alpha value is -0.570. The summed E-state index contributed by atoms with van der Waals surface area (Å²) in [6.45, 7) is 9.64.